The Morgan fingerprint density at radius 3 is 2.52 bits per heavy atom. The van der Waals surface area contributed by atoms with Crippen LogP contribution < -0.4 is 20.1 Å². The van der Waals surface area contributed by atoms with Crippen molar-refractivity contribution in [2.24, 2.45) is 0 Å². The maximum absolute atomic E-state index is 11.9. The molecule has 1 amide bonds. The van der Waals surface area contributed by atoms with Gasteiger partial charge >= 0.3 is 0 Å². The van der Waals surface area contributed by atoms with Gasteiger partial charge in [0.05, 0.1) is 13.7 Å². The number of carbonyl (C=O) groups is 1. The van der Waals surface area contributed by atoms with Crippen LogP contribution in [-0.4, -0.2) is 32.7 Å². The largest absolute Gasteiger partial charge is 0.493 e. The molecule has 0 saturated heterocycles. The van der Waals surface area contributed by atoms with Crippen LogP contribution in [0.4, 0.5) is 0 Å². The number of quaternary nitrogens is 1. The van der Waals surface area contributed by atoms with E-state index in [2.05, 4.69) is 12.2 Å². The predicted molar refractivity (Wildman–Crippen MR) is 98.2 cm³/mol. The number of nitrogens with two attached hydrogens (primary N) is 1. The number of carbonyl (C=O) groups excluding carboxylic acids is 1. The summed E-state index contributed by atoms with van der Waals surface area (Å²) >= 11 is 5.88. The molecule has 0 radical (unpaired) electrons. The van der Waals surface area contributed by atoms with Crippen LogP contribution in [0.25, 0.3) is 0 Å². The van der Waals surface area contributed by atoms with Gasteiger partial charge in [-0.3, -0.25) is 4.79 Å². The van der Waals surface area contributed by atoms with E-state index in [0.29, 0.717) is 36.2 Å². The zero-order chi connectivity index (χ0) is 18.1. The highest BCUT2D eigenvalue weighted by Gasteiger charge is 2.11. The maximum atomic E-state index is 11.9. The van der Waals surface area contributed by atoms with Gasteiger partial charge in [-0.05, 0) is 31.2 Å². The molecule has 0 heterocycles. The number of halogens is 1. The van der Waals surface area contributed by atoms with Crippen LogP contribution in [0.1, 0.15) is 18.5 Å². The fourth-order valence-corrected chi connectivity index (χ4v) is 2.47. The molecule has 3 N–H and O–H groups in total. The molecule has 6 heteroatoms. The van der Waals surface area contributed by atoms with Crippen LogP contribution in [0, 0.1) is 0 Å². The van der Waals surface area contributed by atoms with Gasteiger partial charge in [0.15, 0.2) is 18.0 Å². The first-order valence-corrected chi connectivity index (χ1v) is 8.59. The third kappa shape index (κ3) is 6.29. The first kappa shape index (κ1) is 19.1. The fraction of sp³-hybridized carbons (Fsp3) is 0.316. The van der Waals surface area contributed by atoms with E-state index in [1.54, 1.807) is 7.11 Å². The van der Waals surface area contributed by atoms with Gasteiger partial charge in [-0.25, -0.2) is 0 Å². The van der Waals surface area contributed by atoms with E-state index in [0.717, 1.165) is 5.56 Å². The van der Waals surface area contributed by atoms with Crippen LogP contribution in [0.3, 0.4) is 0 Å². The van der Waals surface area contributed by atoms with Gasteiger partial charge < -0.3 is 20.1 Å². The predicted octanol–water partition coefficient (Wildman–Crippen LogP) is 2.17. The summed E-state index contributed by atoms with van der Waals surface area (Å²) in [5, 5.41) is 5.55. The molecule has 0 aliphatic rings. The second-order valence-corrected chi connectivity index (χ2v) is 6.07. The van der Waals surface area contributed by atoms with Crippen LogP contribution >= 0.6 is 11.6 Å². The van der Waals surface area contributed by atoms with Gasteiger partial charge in [0, 0.05) is 10.6 Å². The average molecular weight is 364 g/mol. The molecule has 0 bridgehead atoms. The Bertz CT molecular complexity index is 677. The molecular formula is C19H24ClN2O3+. The van der Waals surface area contributed by atoms with Crippen molar-refractivity contribution < 1.29 is 19.6 Å². The summed E-state index contributed by atoms with van der Waals surface area (Å²) < 4.78 is 10.8. The fourth-order valence-electron chi connectivity index (χ4n) is 2.35. The Labute approximate surface area is 153 Å². The summed E-state index contributed by atoms with van der Waals surface area (Å²) in [6.07, 6.45) is 0. The molecule has 0 aliphatic carbocycles. The number of benzene rings is 2. The summed E-state index contributed by atoms with van der Waals surface area (Å²) in [4.78, 5) is 11.9. The summed E-state index contributed by atoms with van der Waals surface area (Å²) in [5.41, 5.74) is 1.14. The molecule has 0 aliphatic heterocycles. The van der Waals surface area contributed by atoms with Gasteiger partial charge in [0.2, 0.25) is 0 Å². The zero-order valence-electron chi connectivity index (χ0n) is 14.5. The number of para-hydroxylation sites is 2. The van der Waals surface area contributed by atoms with Gasteiger partial charge in [-0.1, -0.05) is 35.9 Å². The minimum absolute atomic E-state index is 0.0237. The standard InChI is InChI=1S/C19H23ClN2O3/c1-14(15-7-9-16(20)10-8-15)22-13-19(23)21-11-12-25-18-6-4-3-5-17(18)24-2/h3-10,14,22H,11-13H2,1-2H3,(H,21,23)/p+1/t14-/m1/s1. The molecule has 0 saturated carbocycles. The van der Waals surface area contributed by atoms with Crippen molar-refractivity contribution in [3.8, 4) is 11.5 Å². The Hall–Kier alpha value is -2.24. The monoisotopic (exact) mass is 363 g/mol. The summed E-state index contributed by atoms with van der Waals surface area (Å²) in [6, 6.07) is 15.3. The van der Waals surface area contributed by atoms with Crippen molar-refractivity contribution >= 4 is 17.5 Å². The molecule has 2 aromatic carbocycles. The van der Waals surface area contributed by atoms with Gasteiger partial charge in [0.1, 0.15) is 12.6 Å². The molecule has 5 nitrogen and oxygen atoms in total. The molecule has 134 valence electrons. The Kier molecular flexibility index (Phi) is 7.57. The van der Waals surface area contributed by atoms with Crippen molar-refractivity contribution in [1.82, 2.24) is 5.32 Å². The summed E-state index contributed by atoms with van der Waals surface area (Å²) in [5.74, 6) is 1.32. The molecule has 0 spiro atoms. The third-order valence-electron chi connectivity index (χ3n) is 3.80. The van der Waals surface area contributed by atoms with Crippen LogP contribution in [0.5, 0.6) is 11.5 Å². The number of methoxy groups -OCH3 is 1. The van der Waals surface area contributed by atoms with E-state index in [4.69, 9.17) is 21.1 Å². The highest BCUT2D eigenvalue weighted by atomic mass is 35.5. The van der Waals surface area contributed by atoms with Gasteiger partial charge in [-0.2, -0.15) is 0 Å². The molecule has 1 atom stereocenters. The molecule has 25 heavy (non-hydrogen) atoms. The Balaban J connectivity index is 1.66. The Morgan fingerprint density at radius 1 is 1.16 bits per heavy atom. The first-order valence-electron chi connectivity index (χ1n) is 8.21. The maximum Gasteiger partial charge on any atom is 0.275 e. The molecule has 0 aromatic heterocycles. The highest BCUT2D eigenvalue weighted by molar-refractivity contribution is 6.30. The van der Waals surface area contributed by atoms with Crippen LogP contribution in [0.2, 0.25) is 5.02 Å². The van der Waals surface area contributed by atoms with E-state index >= 15 is 0 Å². The minimum Gasteiger partial charge on any atom is -0.493 e. The van der Waals surface area contributed by atoms with E-state index in [1.165, 1.54) is 0 Å². The number of ether oxygens (including phenoxy) is 2. The normalized spacial score (nSPS) is 11.6. The number of rotatable bonds is 9. The van der Waals surface area contributed by atoms with Gasteiger partial charge in [-0.15, -0.1) is 0 Å². The topological polar surface area (TPSA) is 64.2 Å². The third-order valence-corrected chi connectivity index (χ3v) is 4.06. The second-order valence-electron chi connectivity index (χ2n) is 5.63. The minimum atomic E-state index is -0.0237. The lowest BCUT2D eigenvalue weighted by Gasteiger charge is -2.12. The van der Waals surface area contributed by atoms with Crippen molar-refractivity contribution in [1.29, 1.82) is 0 Å². The molecule has 0 unspecified atom stereocenters. The summed E-state index contributed by atoms with van der Waals surface area (Å²) in [7, 11) is 1.60. The first-order chi connectivity index (χ1) is 12.1. The van der Waals surface area contributed by atoms with Crippen LogP contribution in [-0.2, 0) is 4.79 Å². The summed E-state index contributed by atoms with van der Waals surface area (Å²) in [6.45, 7) is 3.25. The number of hydrogen-bond acceptors (Lipinski definition) is 3. The van der Waals surface area contributed by atoms with Crippen molar-refractivity contribution in [2.75, 3.05) is 26.8 Å². The quantitative estimate of drug-likeness (QED) is 0.671. The van der Waals surface area contributed by atoms with Crippen molar-refractivity contribution in [3.05, 3.63) is 59.1 Å². The van der Waals surface area contributed by atoms with Gasteiger partial charge in [0.25, 0.3) is 5.91 Å². The Morgan fingerprint density at radius 2 is 1.84 bits per heavy atom. The lowest BCUT2D eigenvalue weighted by atomic mass is 10.1. The van der Waals surface area contributed by atoms with Crippen molar-refractivity contribution in [2.45, 2.75) is 13.0 Å². The molecule has 2 rings (SSSR count). The van der Waals surface area contributed by atoms with Crippen LogP contribution in [0.15, 0.2) is 48.5 Å². The number of hydrogen-bond donors (Lipinski definition) is 2. The highest BCUT2D eigenvalue weighted by Crippen LogP contribution is 2.25. The smallest absolute Gasteiger partial charge is 0.275 e. The SMILES string of the molecule is COc1ccccc1OCCNC(=O)C[NH2+][C@H](C)c1ccc(Cl)cc1. The van der Waals surface area contributed by atoms with E-state index in [1.807, 2.05) is 53.8 Å². The average Bonchev–Trinajstić information content (AvgIpc) is 2.64. The molecule has 0 fully saturated rings. The zero-order valence-corrected chi connectivity index (χ0v) is 15.3. The molecule has 2 aromatic rings. The lowest BCUT2D eigenvalue weighted by molar-refractivity contribution is -0.682. The van der Waals surface area contributed by atoms with E-state index in [9.17, 15) is 4.79 Å². The van der Waals surface area contributed by atoms with Crippen molar-refractivity contribution in [3.63, 3.8) is 0 Å². The number of amides is 1. The second kappa shape index (κ2) is 9.91. The lowest BCUT2D eigenvalue weighted by Crippen LogP contribution is -2.87. The van der Waals surface area contributed by atoms with E-state index < -0.39 is 0 Å². The number of nitrogens with one attached hydrogen (secondary N) is 1. The van der Waals surface area contributed by atoms with E-state index in [-0.39, 0.29) is 11.9 Å². The molecular weight excluding hydrogens is 340 g/mol.